The highest BCUT2D eigenvalue weighted by atomic mass is 16.5. The number of aldehydes is 1. The molecule has 0 radical (unpaired) electrons. The van der Waals surface area contributed by atoms with Gasteiger partial charge in [-0.05, 0) is 12.8 Å². The lowest BCUT2D eigenvalue weighted by Gasteiger charge is -2.38. The lowest BCUT2D eigenvalue weighted by atomic mass is 9.94. The predicted octanol–water partition coefficient (Wildman–Crippen LogP) is 1.07. The second-order valence-electron chi connectivity index (χ2n) is 5.20. The molecule has 2 heterocycles. The molecule has 2 saturated heterocycles. The lowest BCUT2D eigenvalue weighted by molar-refractivity contribution is -0.117. The second kappa shape index (κ2) is 3.63. The average Bonchev–Trinajstić information content (AvgIpc) is 2.41. The van der Waals surface area contributed by atoms with E-state index in [1.807, 2.05) is 13.8 Å². The van der Waals surface area contributed by atoms with Crippen molar-refractivity contribution in [2.24, 2.45) is 5.41 Å². The highest BCUT2D eigenvalue weighted by molar-refractivity contribution is 5.58. The Kier molecular flexibility index (Phi) is 2.62. The van der Waals surface area contributed by atoms with E-state index in [0.29, 0.717) is 12.1 Å². The van der Waals surface area contributed by atoms with Crippen LogP contribution in [0.2, 0.25) is 0 Å². The van der Waals surface area contributed by atoms with Crippen LogP contribution in [0.4, 0.5) is 0 Å². The molecule has 0 saturated carbocycles. The maximum absolute atomic E-state index is 10.9. The van der Waals surface area contributed by atoms with Gasteiger partial charge in [0.2, 0.25) is 0 Å². The minimum atomic E-state index is -0.210. The fourth-order valence-electron chi connectivity index (χ4n) is 2.48. The molecular formula is C11H19NO2. The van der Waals surface area contributed by atoms with E-state index in [9.17, 15) is 4.79 Å². The van der Waals surface area contributed by atoms with Gasteiger partial charge in [-0.1, -0.05) is 13.8 Å². The lowest BCUT2D eigenvalue weighted by Crippen LogP contribution is -2.49. The minimum Gasteiger partial charge on any atom is -0.378 e. The molecule has 2 bridgehead atoms. The van der Waals surface area contributed by atoms with Crippen molar-refractivity contribution in [2.45, 2.75) is 38.8 Å². The number of nitrogens with zero attached hydrogens (tertiary/aromatic N) is 1. The molecular weight excluding hydrogens is 178 g/mol. The van der Waals surface area contributed by atoms with Gasteiger partial charge in [0.1, 0.15) is 6.29 Å². The number of hydrogen-bond donors (Lipinski definition) is 0. The number of hydrogen-bond acceptors (Lipinski definition) is 3. The van der Waals surface area contributed by atoms with Crippen LogP contribution in [-0.4, -0.2) is 43.0 Å². The fraction of sp³-hybridized carbons (Fsp3) is 0.909. The van der Waals surface area contributed by atoms with E-state index in [4.69, 9.17) is 4.74 Å². The van der Waals surface area contributed by atoms with Crippen LogP contribution < -0.4 is 0 Å². The SMILES string of the molecule is CC(C)(C=O)CN1C2CCC1COC2. The third kappa shape index (κ3) is 1.84. The quantitative estimate of drug-likeness (QED) is 0.634. The second-order valence-corrected chi connectivity index (χ2v) is 5.20. The van der Waals surface area contributed by atoms with Gasteiger partial charge in [-0.15, -0.1) is 0 Å². The van der Waals surface area contributed by atoms with Gasteiger partial charge in [0, 0.05) is 24.0 Å². The summed E-state index contributed by atoms with van der Waals surface area (Å²) in [6.45, 7) is 6.61. The zero-order valence-electron chi connectivity index (χ0n) is 9.03. The number of morpholine rings is 1. The molecule has 2 atom stereocenters. The summed E-state index contributed by atoms with van der Waals surface area (Å²) in [5, 5.41) is 0. The van der Waals surface area contributed by atoms with Crippen molar-refractivity contribution in [2.75, 3.05) is 19.8 Å². The summed E-state index contributed by atoms with van der Waals surface area (Å²) in [6.07, 6.45) is 3.54. The topological polar surface area (TPSA) is 29.5 Å². The Labute approximate surface area is 85.4 Å². The van der Waals surface area contributed by atoms with E-state index in [1.54, 1.807) is 0 Å². The number of ether oxygens (including phenoxy) is 1. The summed E-state index contributed by atoms with van der Waals surface area (Å²) < 4.78 is 5.50. The van der Waals surface area contributed by atoms with Crippen LogP contribution in [0.3, 0.4) is 0 Å². The third-order valence-electron chi connectivity index (χ3n) is 3.30. The normalized spacial score (nSPS) is 33.3. The molecule has 3 nitrogen and oxygen atoms in total. The number of carbonyl (C=O) groups is 1. The zero-order valence-corrected chi connectivity index (χ0v) is 9.03. The van der Waals surface area contributed by atoms with E-state index < -0.39 is 0 Å². The monoisotopic (exact) mass is 197 g/mol. The van der Waals surface area contributed by atoms with Crippen molar-refractivity contribution < 1.29 is 9.53 Å². The first-order chi connectivity index (χ1) is 6.62. The van der Waals surface area contributed by atoms with Crippen LogP contribution in [0.1, 0.15) is 26.7 Å². The minimum absolute atomic E-state index is 0.210. The predicted molar refractivity (Wildman–Crippen MR) is 54.2 cm³/mol. The Morgan fingerprint density at radius 2 is 1.93 bits per heavy atom. The molecule has 2 fully saturated rings. The molecule has 0 N–H and O–H groups in total. The molecule has 0 aromatic carbocycles. The van der Waals surface area contributed by atoms with E-state index in [-0.39, 0.29) is 5.41 Å². The molecule has 0 aromatic heterocycles. The molecule has 80 valence electrons. The molecule has 2 unspecified atom stereocenters. The zero-order chi connectivity index (χ0) is 10.2. The average molecular weight is 197 g/mol. The number of carbonyl (C=O) groups excluding carboxylic acids is 1. The Hall–Kier alpha value is -0.410. The van der Waals surface area contributed by atoms with Crippen molar-refractivity contribution in [3.63, 3.8) is 0 Å². The van der Waals surface area contributed by atoms with Crippen molar-refractivity contribution in [3.05, 3.63) is 0 Å². The van der Waals surface area contributed by atoms with Gasteiger partial charge in [-0.2, -0.15) is 0 Å². The van der Waals surface area contributed by atoms with E-state index in [2.05, 4.69) is 4.90 Å². The Morgan fingerprint density at radius 1 is 1.36 bits per heavy atom. The van der Waals surface area contributed by atoms with Gasteiger partial charge < -0.3 is 9.53 Å². The standard InChI is InChI=1S/C11H19NO2/c1-11(2,8-13)7-12-9-3-4-10(12)6-14-5-9/h8-10H,3-7H2,1-2H3. The van der Waals surface area contributed by atoms with Gasteiger partial charge in [-0.25, -0.2) is 0 Å². The van der Waals surface area contributed by atoms with Gasteiger partial charge in [-0.3, -0.25) is 4.90 Å². The molecule has 2 aliphatic rings. The van der Waals surface area contributed by atoms with E-state index in [0.717, 1.165) is 26.0 Å². The summed E-state index contributed by atoms with van der Waals surface area (Å²) in [5.74, 6) is 0. The van der Waals surface area contributed by atoms with Crippen LogP contribution in [0, 0.1) is 5.41 Å². The fourth-order valence-corrected chi connectivity index (χ4v) is 2.48. The number of rotatable bonds is 3. The van der Waals surface area contributed by atoms with Crippen molar-refractivity contribution in [1.29, 1.82) is 0 Å². The third-order valence-corrected chi connectivity index (χ3v) is 3.30. The van der Waals surface area contributed by atoms with Crippen LogP contribution in [0.25, 0.3) is 0 Å². The van der Waals surface area contributed by atoms with Crippen LogP contribution in [0.5, 0.6) is 0 Å². The molecule has 2 rings (SSSR count). The molecule has 0 aliphatic carbocycles. The first-order valence-corrected chi connectivity index (χ1v) is 5.42. The maximum atomic E-state index is 10.9. The van der Waals surface area contributed by atoms with Gasteiger partial charge >= 0.3 is 0 Å². The largest absolute Gasteiger partial charge is 0.378 e. The first-order valence-electron chi connectivity index (χ1n) is 5.42. The van der Waals surface area contributed by atoms with Crippen LogP contribution in [0.15, 0.2) is 0 Å². The van der Waals surface area contributed by atoms with Gasteiger partial charge in [0.05, 0.1) is 13.2 Å². The van der Waals surface area contributed by atoms with E-state index in [1.165, 1.54) is 12.8 Å². The Balaban J connectivity index is 2.01. The molecule has 0 amide bonds. The molecule has 3 heteroatoms. The van der Waals surface area contributed by atoms with Crippen molar-refractivity contribution in [1.82, 2.24) is 4.90 Å². The summed E-state index contributed by atoms with van der Waals surface area (Å²) in [4.78, 5) is 13.3. The summed E-state index contributed by atoms with van der Waals surface area (Å²) >= 11 is 0. The smallest absolute Gasteiger partial charge is 0.126 e. The maximum Gasteiger partial charge on any atom is 0.126 e. The molecule has 0 spiro atoms. The Morgan fingerprint density at radius 3 is 2.43 bits per heavy atom. The molecule has 14 heavy (non-hydrogen) atoms. The highest BCUT2D eigenvalue weighted by Crippen LogP contribution is 2.31. The van der Waals surface area contributed by atoms with Gasteiger partial charge in [0.15, 0.2) is 0 Å². The highest BCUT2D eigenvalue weighted by Gasteiger charge is 2.39. The van der Waals surface area contributed by atoms with Crippen molar-refractivity contribution >= 4 is 6.29 Å². The summed E-state index contributed by atoms with van der Waals surface area (Å²) in [5.41, 5.74) is -0.210. The summed E-state index contributed by atoms with van der Waals surface area (Å²) in [7, 11) is 0. The summed E-state index contributed by atoms with van der Waals surface area (Å²) in [6, 6.07) is 1.13. The van der Waals surface area contributed by atoms with Gasteiger partial charge in [0.25, 0.3) is 0 Å². The van der Waals surface area contributed by atoms with Crippen molar-refractivity contribution in [3.8, 4) is 0 Å². The van der Waals surface area contributed by atoms with E-state index >= 15 is 0 Å². The molecule has 2 aliphatic heterocycles. The van der Waals surface area contributed by atoms with Crippen LogP contribution in [-0.2, 0) is 9.53 Å². The first kappa shape index (κ1) is 10.1. The van der Waals surface area contributed by atoms with Crippen LogP contribution >= 0.6 is 0 Å². The Bertz CT molecular complexity index is 211. The molecule has 0 aromatic rings. The number of fused-ring (bicyclic) bond motifs is 2.